The van der Waals surface area contributed by atoms with E-state index in [4.69, 9.17) is 0 Å². The van der Waals surface area contributed by atoms with E-state index in [-0.39, 0.29) is 18.5 Å². The molecule has 1 aromatic carbocycles. The number of carbonyl (C=O) groups excluding carboxylic acids is 1. The van der Waals surface area contributed by atoms with Crippen molar-refractivity contribution in [3.8, 4) is 0 Å². The first-order valence-electron chi connectivity index (χ1n) is 7.75. The molecule has 2 heterocycles. The van der Waals surface area contributed by atoms with Crippen molar-refractivity contribution in [3.63, 3.8) is 0 Å². The van der Waals surface area contributed by atoms with Gasteiger partial charge in [-0.1, -0.05) is 6.07 Å². The Kier molecular flexibility index (Phi) is 4.93. The van der Waals surface area contributed by atoms with E-state index < -0.39 is 52.4 Å². The highest BCUT2D eigenvalue weighted by atomic mass is 19.3. The lowest BCUT2D eigenvalue weighted by Crippen LogP contribution is -2.38. The van der Waals surface area contributed by atoms with Gasteiger partial charge in [0.15, 0.2) is 0 Å². The van der Waals surface area contributed by atoms with E-state index in [1.165, 1.54) is 0 Å². The smallest absolute Gasteiger partial charge is 0.304 e. The van der Waals surface area contributed by atoms with Gasteiger partial charge in [-0.2, -0.15) is 5.10 Å². The number of allylic oxidation sites excluding steroid dienone is 1. The quantitative estimate of drug-likeness (QED) is 0.450. The van der Waals surface area contributed by atoms with Crippen LogP contribution in [-0.2, 0) is 4.79 Å². The minimum absolute atomic E-state index is 0.00681. The molecule has 11 heteroatoms. The van der Waals surface area contributed by atoms with Gasteiger partial charge in [-0.05, 0) is 12.1 Å². The summed E-state index contributed by atoms with van der Waals surface area (Å²) in [6.07, 6.45) is -1.35. The molecule has 142 valence electrons. The summed E-state index contributed by atoms with van der Waals surface area (Å²) in [6.45, 7) is -1.07. The van der Waals surface area contributed by atoms with Crippen LogP contribution in [0.3, 0.4) is 0 Å². The van der Waals surface area contributed by atoms with Crippen LogP contribution in [0.2, 0.25) is 0 Å². The lowest BCUT2D eigenvalue weighted by Gasteiger charge is -2.32. The lowest BCUT2D eigenvalue weighted by molar-refractivity contribution is -0.384. The molecule has 2 aromatic rings. The molecule has 7 nitrogen and oxygen atoms in total. The molecule has 0 saturated carbocycles. The van der Waals surface area contributed by atoms with Gasteiger partial charge in [0.1, 0.15) is 24.0 Å². The summed E-state index contributed by atoms with van der Waals surface area (Å²) in [7, 11) is 0. The van der Waals surface area contributed by atoms with Crippen LogP contribution in [0, 0.1) is 21.7 Å². The van der Waals surface area contributed by atoms with E-state index >= 15 is 0 Å². The molecule has 0 N–H and O–H groups in total. The number of rotatable bonds is 5. The van der Waals surface area contributed by atoms with Crippen LogP contribution in [0.4, 0.5) is 23.2 Å². The van der Waals surface area contributed by atoms with Crippen LogP contribution in [0.25, 0.3) is 11.4 Å². The Morgan fingerprint density at radius 2 is 1.89 bits per heavy atom. The Bertz CT molecular complexity index is 921. The summed E-state index contributed by atoms with van der Waals surface area (Å²) in [4.78, 5) is 22.9. The second kappa shape index (κ2) is 7.17. The van der Waals surface area contributed by atoms with Crippen molar-refractivity contribution in [1.29, 1.82) is 0 Å². The molecule has 0 radical (unpaired) electrons. The summed E-state index contributed by atoms with van der Waals surface area (Å²) in [5.74, 6) is -2.85. The van der Waals surface area contributed by atoms with Crippen LogP contribution in [0.5, 0.6) is 0 Å². The second-order valence-corrected chi connectivity index (χ2v) is 5.69. The number of aromatic nitrogens is 2. The van der Waals surface area contributed by atoms with Gasteiger partial charge < -0.3 is 4.90 Å². The molecule has 0 spiro atoms. The number of benzene rings is 1. The Morgan fingerprint density at radius 3 is 2.44 bits per heavy atom. The summed E-state index contributed by atoms with van der Waals surface area (Å²) >= 11 is 0. The molecular formula is C16H12F4N4O3. The van der Waals surface area contributed by atoms with Crippen LogP contribution in [0.15, 0.2) is 30.6 Å². The van der Waals surface area contributed by atoms with Gasteiger partial charge in [0, 0.05) is 12.8 Å². The van der Waals surface area contributed by atoms with E-state index in [9.17, 15) is 32.5 Å². The van der Waals surface area contributed by atoms with Crippen LogP contribution >= 0.6 is 0 Å². The Labute approximate surface area is 149 Å². The highest BCUT2D eigenvalue weighted by Crippen LogP contribution is 2.37. The first kappa shape index (κ1) is 18.5. The van der Waals surface area contributed by atoms with Crippen molar-refractivity contribution in [2.24, 2.45) is 0 Å². The van der Waals surface area contributed by atoms with Gasteiger partial charge >= 0.3 is 5.69 Å². The minimum Gasteiger partial charge on any atom is -0.304 e. The monoisotopic (exact) mass is 384 g/mol. The normalized spacial score (nSPS) is 15.0. The number of carbonyl (C=O) groups is 1. The average Bonchev–Trinajstić information content (AvgIpc) is 3.07. The Hall–Kier alpha value is -3.24. The van der Waals surface area contributed by atoms with Gasteiger partial charge in [-0.3, -0.25) is 14.9 Å². The van der Waals surface area contributed by atoms with Crippen molar-refractivity contribution in [2.45, 2.75) is 19.3 Å². The third-order valence-electron chi connectivity index (χ3n) is 4.00. The van der Waals surface area contributed by atoms with Gasteiger partial charge in [0.2, 0.25) is 5.91 Å². The van der Waals surface area contributed by atoms with E-state index in [1.54, 1.807) is 0 Å². The largest absolute Gasteiger partial charge is 0.307 e. The maximum Gasteiger partial charge on any atom is 0.307 e. The molecule has 1 aromatic heterocycles. The fraction of sp³-hybridized carbons (Fsp3) is 0.250. The highest BCUT2D eigenvalue weighted by Gasteiger charge is 2.34. The van der Waals surface area contributed by atoms with Crippen molar-refractivity contribution in [2.75, 3.05) is 6.54 Å². The molecule has 1 aliphatic rings. The minimum atomic E-state index is -2.95. The first-order chi connectivity index (χ1) is 12.8. The predicted octanol–water partition coefficient (Wildman–Crippen LogP) is 3.28. The number of nitrogens with zero attached hydrogens (tertiary/aromatic N) is 4. The molecule has 0 atom stereocenters. The highest BCUT2D eigenvalue weighted by molar-refractivity contribution is 5.97. The van der Waals surface area contributed by atoms with Crippen molar-refractivity contribution >= 4 is 23.0 Å². The Morgan fingerprint density at radius 1 is 1.22 bits per heavy atom. The molecule has 0 fully saturated rings. The summed E-state index contributed by atoms with van der Waals surface area (Å²) in [5, 5.41) is 14.7. The second-order valence-electron chi connectivity index (χ2n) is 5.69. The lowest BCUT2D eigenvalue weighted by atomic mass is 10.00. The summed E-state index contributed by atoms with van der Waals surface area (Å²) in [6, 6.07) is 2.94. The molecule has 0 unspecified atom stereocenters. The van der Waals surface area contributed by atoms with Crippen LogP contribution < -0.4 is 0 Å². The topological polar surface area (TPSA) is 81.3 Å². The van der Waals surface area contributed by atoms with Gasteiger partial charge in [0.05, 0.1) is 28.4 Å². The van der Waals surface area contributed by atoms with Gasteiger partial charge in [0.25, 0.3) is 6.43 Å². The van der Waals surface area contributed by atoms with E-state index in [0.29, 0.717) is 4.90 Å². The maximum atomic E-state index is 14.4. The zero-order chi connectivity index (χ0) is 19.7. The van der Waals surface area contributed by atoms with E-state index in [1.807, 2.05) is 0 Å². The third kappa shape index (κ3) is 3.52. The number of hydrogen-bond donors (Lipinski definition) is 0. The predicted molar refractivity (Wildman–Crippen MR) is 85.3 cm³/mol. The molecular weight excluding hydrogens is 372 g/mol. The molecule has 1 aliphatic heterocycles. The van der Waals surface area contributed by atoms with Crippen molar-refractivity contribution < 1.29 is 27.3 Å². The first-order valence-corrected chi connectivity index (χ1v) is 7.75. The fourth-order valence-electron chi connectivity index (χ4n) is 2.87. The van der Waals surface area contributed by atoms with Crippen molar-refractivity contribution in [3.05, 3.63) is 57.9 Å². The average molecular weight is 384 g/mol. The zero-order valence-corrected chi connectivity index (χ0v) is 13.6. The van der Waals surface area contributed by atoms with Gasteiger partial charge in [-0.25, -0.2) is 22.2 Å². The standard InChI is InChI=1S/C16H12F4N4O3/c17-10-2-1-3-11(18)15(10)16-12(23-7-9(6-21-23)24(26)27)4-5-14(25)22(16)8-13(19)20/h1-3,6-7,13H,4-5,8H2. The summed E-state index contributed by atoms with van der Waals surface area (Å²) < 4.78 is 55.7. The molecule has 1 amide bonds. The third-order valence-corrected chi connectivity index (χ3v) is 4.00. The molecule has 27 heavy (non-hydrogen) atoms. The number of alkyl halides is 2. The van der Waals surface area contributed by atoms with Crippen LogP contribution in [0.1, 0.15) is 18.4 Å². The molecule has 0 aliphatic carbocycles. The molecule has 0 bridgehead atoms. The van der Waals surface area contributed by atoms with Gasteiger partial charge in [-0.15, -0.1) is 0 Å². The molecule has 3 rings (SSSR count). The number of amides is 1. The molecule has 0 saturated heterocycles. The van der Waals surface area contributed by atoms with E-state index in [0.717, 1.165) is 35.3 Å². The Balaban J connectivity index is 2.27. The van der Waals surface area contributed by atoms with Crippen molar-refractivity contribution in [1.82, 2.24) is 14.7 Å². The van der Waals surface area contributed by atoms with E-state index in [2.05, 4.69) is 5.10 Å². The maximum absolute atomic E-state index is 14.4. The van der Waals surface area contributed by atoms with Crippen LogP contribution in [-0.4, -0.2) is 38.5 Å². The summed E-state index contributed by atoms with van der Waals surface area (Å²) in [5.41, 5.74) is -1.47. The SMILES string of the molecule is O=C1CCC(n2cc([N+](=O)[O-])cn2)=C(c2c(F)cccc2F)N1CC(F)F. The fourth-order valence-corrected chi connectivity index (χ4v) is 2.87. The number of halogens is 4. The number of nitro groups is 1. The zero-order valence-electron chi connectivity index (χ0n) is 13.6. The number of hydrogen-bond acceptors (Lipinski definition) is 4.